The van der Waals surface area contributed by atoms with Gasteiger partial charge < -0.3 is 5.32 Å². The summed E-state index contributed by atoms with van der Waals surface area (Å²) >= 11 is 0. The SMILES string of the molecule is O=C1NCCC1CC1CCC1. The molecule has 2 nitrogen and oxygen atoms in total. The highest BCUT2D eigenvalue weighted by atomic mass is 16.2. The molecule has 1 amide bonds. The van der Waals surface area contributed by atoms with E-state index in [1.807, 2.05) is 0 Å². The Labute approximate surface area is 67.4 Å². The maximum absolute atomic E-state index is 11.1. The molecule has 0 aromatic carbocycles. The third kappa shape index (κ3) is 1.39. The molecule has 0 aromatic heterocycles. The second kappa shape index (κ2) is 2.84. The maximum Gasteiger partial charge on any atom is 0.223 e. The molecule has 1 aliphatic carbocycles. The first-order chi connectivity index (χ1) is 5.36. The van der Waals surface area contributed by atoms with E-state index in [1.165, 1.54) is 19.3 Å². The first kappa shape index (κ1) is 7.14. The molecule has 11 heavy (non-hydrogen) atoms. The van der Waals surface area contributed by atoms with Crippen LogP contribution in [0.3, 0.4) is 0 Å². The summed E-state index contributed by atoms with van der Waals surface area (Å²) in [5.74, 6) is 1.54. The Hall–Kier alpha value is -0.530. The average Bonchev–Trinajstić information content (AvgIpc) is 2.27. The molecule has 2 heteroatoms. The van der Waals surface area contributed by atoms with Gasteiger partial charge in [-0.2, -0.15) is 0 Å². The highest BCUT2D eigenvalue weighted by molar-refractivity contribution is 5.80. The lowest BCUT2D eigenvalue weighted by Crippen LogP contribution is -2.23. The number of hydrogen-bond donors (Lipinski definition) is 1. The summed E-state index contributed by atoms with van der Waals surface area (Å²) in [6, 6.07) is 0. The fraction of sp³-hybridized carbons (Fsp3) is 0.889. The van der Waals surface area contributed by atoms with E-state index in [2.05, 4.69) is 5.32 Å². The number of amides is 1. The van der Waals surface area contributed by atoms with Crippen LogP contribution in [0.15, 0.2) is 0 Å². The van der Waals surface area contributed by atoms with Crippen LogP contribution in [0.25, 0.3) is 0 Å². The smallest absolute Gasteiger partial charge is 0.223 e. The minimum absolute atomic E-state index is 0.303. The van der Waals surface area contributed by atoms with Crippen molar-refractivity contribution >= 4 is 5.91 Å². The maximum atomic E-state index is 11.1. The van der Waals surface area contributed by atoms with Crippen LogP contribution in [0.1, 0.15) is 32.1 Å². The average molecular weight is 153 g/mol. The van der Waals surface area contributed by atoms with Crippen LogP contribution in [0.5, 0.6) is 0 Å². The number of carbonyl (C=O) groups excluding carboxylic acids is 1. The van der Waals surface area contributed by atoms with E-state index in [4.69, 9.17) is 0 Å². The molecule has 1 atom stereocenters. The third-order valence-electron chi connectivity index (χ3n) is 3.01. The van der Waals surface area contributed by atoms with E-state index in [0.29, 0.717) is 11.8 Å². The monoisotopic (exact) mass is 153 g/mol. The minimum Gasteiger partial charge on any atom is -0.356 e. The van der Waals surface area contributed by atoms with Crippen LogP contribution < -0.4 is 5.32 Å². The first-order valence-corrected chi connectivity index (χ1v) is 4.64. The second-order valence-electron chi connectivity index (χ2n) is 3.81. The fourth-order valence-electron chi connectivity index (χ4n) is 2.00. The van der Waals surface area contributed by atoms with Gasteiger partial charge in [-0.3, -0.25) is 4.79 Å². The van der Waals surface area contributed by atoms with Gasteiger partial charge >= 0.3 is 0 Å². The van der Waals surface area contributed by atoms with Crippen LogP contribution in [-0.4, -0.2) is 12.5 Å². The molecule has 1 heterocycles. The van der Waals surface area contributed by atoms with E-state index in [-0.39, 0.29) is 0 Å². The molecule has 2 fully saturated rings. The fourth-order valence-corrected chi connectivity index (χ4v) is 2.00. The van der Waals surface area contributed by atoms with Crippen molar-refractivity contribution < 1.29 is 4.79 Å². The molecule has 1 unspecified atom stereocenters. The van der Waals surface area contributed by atoms with Crippen molar-refractivity contribution in [2.45, 2.75) is 32.1 Å². The van der Waals surface area contributed by atoms with E-state index < -0.39 is 0 Å². The summed E-state index contributed by atoms with van der Waals surface area (Å²) in [7, 11) is 0. The molecule has 1 N–H and O–H groups in total. The quantitative estimate of drug-likeness (QED) is 0.636. The van der Waals surface area contributed by atoms with Crippen molar-refractivity contribution in [3.63, 3.8) is 0 Å². The van der Waals surface area contributed by atoms with Crippen LogP contribution >= 0.6 is 0 Å². The van der Waals surface area contributed by atoms with Crippen molar-refractivity contribution in [1.82, 2.24) is 5.32 Å². The Balaban J connectivity index is 1.80. The topological polar surface area (TPSA) is 29.1 Å². The molecule has 1 aliphatic heterocycles. The lowest BCUT2D eigenvalue weighted by Gasteiger charge is -2.26. The molecule has 1 saturated carbocycles. The van der Waals surface area contributed by atoms with Gasteiger partial charge in [-0.1, -0.05) is 19.3 Å². The molecule has 2 rings (SSSR count). The lowest BCUT2D eigenvalue weighted by atomic mass is 9.78. The minimum atomic E-state index is 0.303. The van der Waals surface area contributed by atoms with Gasteiger partial charge in [0.1, 0.15) is 0 Å². The van der Waals surface area contributed by atoms with Crippen molar-refractivity contribution in [2.75, 3.05) is 6.54 Å². The predicted octanol–water partition coefficient (Wildman–Crippen LogP) is 1.31. The Morgan fingerprint density at radius 3 is 2.64 bits per heavy atom. The van der Waals surface area contributed by atoms with Gasteiger partial charge in [-0.05, 0) is 18.8 Å². The van der Waals surface area contributed by atoms with Gasteiger partial charge in [0.15, 0.2) is 0 Å². The highest BCUT2D eigenvalue weighted by Crippen LogP contribution is 2.33. The predicted molar refractivity (Wildman–Crippen MR) is 43.1 cm³/mol. The Kier molecular flexibility index (Phi) is 1.84. The molecular weight excluding hydrogens is 138 g/mol. The second-order valence-corrected chi connectivity index (χ2v) is 3.81. The molecular formula is C9H15NO. The Morgan fingerprint density at radius 2 is 2.18 bits per heavy atom. The summed E-state index contributed by atoms with van der Waals surface area (Å²) in [6.45, 7) is 0.913. The van der Waals surface area contributed by atoms with Crippen LogP contribution in [-0.2, 0) is 4.79 Å². The van der Waals surface area contributed by atoms with Crippen LogP contribution in [0.2, 0.25) is 0 Å². The van der Waals surface area contributed by atoms with Gasteiger partial charge in [-0.25, -0.2) is 0 Å². The van der Waals surface area contributed by atoms with Crippen molar-refractivity contribution in [1.29, 1.82) is 0 Å². The van der Waals surface area contributed by atoms with Gasteiger partial charge in [-0.15, -0.1) is 0 Å². The molecule has 2 aliphatic rings. The number of rotatable bonds is 2. The molecule has 0 spiro atoms. The van der Waals surface area contributed by atoms with Gasteiger partial charge in [0.05, 0.1) is 0 Å². The van der Waals surface area contributed by atoms with Gasteiger partial charge in [0.2, 0.25) is 5.91 Å². The largest absolute Gasteiger partial charge is 0.356 e. The lowest BCUT2D eigenvalue weighted by molar-refractivity contribution is -0.123. The number of nitrogens with one attached hydrogen (secondary N) is 1. The van der Waals surface area contributed by atoms with Crippen molar-refractivity contribution in [2.24, 2.45) is 11.8 Å². The standard InChI is InChI=1S/C9H15NO/c11-9-8(4-5-10-9)6-7-2-1-3-7/h7-8H,1-6H2,(H,10,11). The molecule has 0 bridgehead atoms. The molecule has 1 saturated heterocycles. The summed E-state index contributed by atoms with van der Waals surface area (Å²) in [6.07, 6.45) is 6.35. The van der Waals surface area contributed by atoms with Gasteiger partial charge in [0, 0.05) is 12.5 Å². The summed E-state index contributed by atoms with van der Waals surface area (Å²) in [5.41, 5.74) is 0. The zero-order valence-electron chi connectivity index (χ0n) is 6.81. The number of carbonyl (C=O) groups is 1. The normalized spacial score (nSPS) is 31.6. The summed E-state index contributed by atoms with van der Waals surface area (Å²) in [5, 5.41) is 2.88. The zero-order chi connectivity index (χ0) is 7.68. The first-order valence-electron chi connectivity index (χ1n) is 4.64. The van der Waals surface area contributed by atoms with E-state index >= 15 is 0 Å². The summed E-state index contributed by atoms with van der Waals surface area (Å²) in [4.78, 5) is 11.1. The van der Waals surface area contributed by atoms with Crippen LogP contribution in [0, 0.1) is 11.8 Å². The highest BCUT2D eigenvalue weighted by Gasteiger charge is 2.29. The zero-order valence-corrected chi connectivity index (χ0v) is 6.81. The molecule has 62 valence electrons. The van der Waals surface area contributed by atoms with Crippen molar-refractivity contribution in [3.05, 3.63) is 0 Å². The van der Waals surface area contributed by atoms with Gasteiger partial charge in [0.25, 0.3) is 0 Å². The third-order valence-corrected chi connectivity index (χ3v) is 3.01. The molecule has 0 aromatic rings. The van der Waals surface area contributed by atoms with E-state index in [0.717, 1.165) is 25.3 Å². The van der Waals surface area contributed by atoms with Crippen LogP contribution in [0.4, 0.5) is 0 Å². The Bertz CT molecular complexity index is 163. The molecule has 0 radical (unpaired) electrons. The summed E-state index contributed by atoms with van der Waals surface area (Å²) < 4.78 is 0. The Morgan fingerprint density at radius 1 is 1.36 bits per heavy atom. The van der Waals surface area contributed by atoms with Crippen molar-refractivity contribution in [3.8, 4) is 0 Å². The number of hydrogen-bond acceptors (Lipinski definition) is 1. The van der Waals surface area contributed by atoms with E-state index in [1.54, 1.807) is 0 Å². The van der Waals surface area contributed by atoms with E-state index in [9.17, 15) is 4.79 Å².